The van der Waals surface area contributed by atoms with Gasteiger partial charge in [-0.1, -0.05) is 41.5 Å². The number of hydrogen-bond acceptors (Lipinski definition) is 2. The van der Waals surface area contributed by atoms with Crippen LogP contribution in [-0.4, -0.2) is 11.6 Å². The average Bonchev–Trinajstić information content (AvgIpc) is 2.16. The third kappa shape index (κ3) is 2.33. The average molecular weight is 248 g/mol. The van der Waals surface area contributed by atoms with Gasteiger partial charge in [0.1, 0.15) is 0 Å². The van der Waals surface area contributed by atoms with E-state index < -0.39 is 0 Å². The Kier molecular flexibility index (Phi) is 3.46. The van der Waals surface area contributed by atoms with Gasteiger partial charge in [0.05, 0.1) is 0 Å². The molecule has 0 fully saturated rings. The van der Waals surface area contributed by atoms with Crippen LogP contribution in [0.4, 0.5) is 0 Å². The molecule has 0 unspecified atom stereocenters. The first-order valence-electron chi connectivity index (χ1n) is 6.41. The maximum Gasteiger partial charge on any atom is 0.186 e. The Balaban J connectivity index is 3.67. The molecule has 0 bridgehead atoms. The van der Waals surface area contributed by atoms with Crippen molar-refractivity contribution in [3.63, 3.8) is 0 Å². The predicted octanol–water partition coefficient (Wildman–Crippen LogP) is 3.86. The summed E-state index contributed by atoms with van der Waals surface area (Å²) in [6, 6.07) is 0. The molecule has 0 spiro atoms. The zero-order chi connectivity index (χ0) is 14.5. The maximum atomic E-state index is 12.5. The van der Waals surface area contributed by atoms with Crippen LogP contribution in [0.15, 0.2) is 22.3 Å². The molecule has 0 saturated carbocycles. The molecular weight excluding hydrogens is 224 g/mol. The molecule has 0 aromatic carbocycles. The summed E-state index contributed by atoms with van der Waals surface area (Å²) in [4.78, 5) is 25.0. The molecule has 0 radical (unpaired) electrons. The second-order valence-corrected chi connectivity index (χ2v) is 7.16. The van der Waals surface area contributed by atoms with E-state index in [-0.39, 0.29) is 22.4 Å². The summed E-state index contributed by atoms with van der Waals surface area (Å²) in [5, 5.41) is 0. The summed E-state index contributed by atoms with van der Waals surface area (Å²) in [6.45, 7) is 15.5. The number of carbonyl (C=O) groups excluding carboxylic acids is 2. The van der Waals surface area contributed by atoms with Gasteiger partial charge in [-0.3, -0.25) is 9.59 Å². The lowest BCUT2D eigenvalue weighted by molar-refractivity contribution is -0.117. The van der Waals surface area contributed by atoms with Crippen LogP contribution >= 0.6 is 0 Å². The highest BCUT2D eigenvalue weighted by molar-refractivity contribution is 6.25. The fourth-order valence-electron chi connectivity index (χ4n) is 2.37. The smallest absolute Gasteiger partial charge is 0.186 e. The number of carbonyl (C=O) groups is 2. The number of ketones is 2. The lowest BCUT2D eigenvalue weighted by atomic mass is 9.67. The van der Waals surface area contributed by atoms with Crippen molar-refractivity contribution in [3.05, 3.63) is 22.3 Å². The van der Waals surface area contributed by atoms with Gasteiger partial charge in [0.2, 0.25) is 0 Å². The second-order valence-electron chi connectivity index (χ2n) is 7.16. The third-order valence-corrected chi connectivity index (χ3v) is 3.45. The number of rotatable bonds is 0. The third-order valence-electron chi connectivity index (χ3n) is 3.45. The SMILES string of the molecule is CC1=C(C)C(=O)C(C(C)(C)C)=C(C(C)(C)C)C1=O. The molecule has 0 aliphatic heterocycles. The van der Waals surface area contributed by atoms with E-state index in [1.807, 2.05) is 41.5 Å². The first-order chi connectivity index (χ1) is 7.89. The van der Waals surface area contributed by atoms with Crippen molar-refractivity contribution in [3.8, 4) is 0 Å². The molecule has 0 N–H and O–H groups in total. The Morgan fingerprint density at radius 2 is 0.833 bits per heavy atom. The zero-order valence-electron chi connectivity index (χ0n) is 12.8. The van der Waals surface area contributed by atoms with E-state index >= 15 is 0 Å². The minimum atomic E-state index is -0.308. The van der Waals surface area contributed by atoms with Gasteiger partial charge in [0.15, 0.2) is 11.6 Å². The fraction of sp³-hybridized carbons (Fsp3) is 0.625. The Morgan fingerprint density at radius 1 is 0.611 bits per heavy atom. The molecule has 18 heavy (non-hydrogen) atoms. The van der Waals surface area contributed by atoms with Crippen molar-refractivity contribution in [1.29, 1.82) is 0 Å². The predicted molar refractivity (Wildman–Crippen MR) is 74.3 cm³/mol. The summed E-state index contributed by atoms with van der Waals surface area (Å²) >= 11 is 0. The van der Waals surface area contributed by atoms with E-state index in [1.165, 1.54) is 0 Å². The van der Waals surface area contributed by atoms with E-state index in [4.69, 9.17) is 0 Å². The summed E-state index contributed by atoms with van der Waals surface area (Å²) in [6.07, 6.45) is 0. The van der Waals surface area contributed by atoms with Crippen molar-refractivity contribution in [2.45, 2.75) is 55.4 Å². The van der Waals surface area contributed by atoms with E-state index in [9.17, 15) is 9.59 Å². The van der Waals surface area contributed by atoms with Crippen LogP contribution in [0.3, 0.4) is 0 Å². The molecule has 0 heterocycles. The van der Waals surface area contributed by atoms with Gasteiger partial charge in [-0.2, -0.15) is 0 Å². The van der Waals surface area contributed by atoms with Crippen molar-refractivity contribution in [2.24, 2.45) is 10.8 Å². The lowest BCUT2D eigenvalue weighted by Crippen LogP contribution is -2.34. The molecule has 1 aliphatic rings. The summed E-state index contributed by atoms with van der Waals surface area (Å²) in [7, 11) is 0. The molecule has 100 valence electrons. The molecule has 0 atom stereocenters. The van der Waals surface area contributed by atoms with E-state index in [2.05, 4.69) is 0 Å². The van der Waals surface area contributed by atoms with Gasteiger partial charge in [-0.15, -0.1) is 0 Å². The highest BCUT2D eigenvalue weighted by Crippen LogP contribution is 2.42. The van der Waals surface area contributed by atoms with Crippen molar-refractivity contribution in [1.82, 2.24) is 0 Å². The molecule has 0 saturated heterocycles. The van der Waals surface area contributed by atoms with E-state index in [0.29, 0.717) is 22.3 Å². The van der Waals surface area contributed by atoms with Gasteiger partial charge in [0.25, 0.3) is 0 Å². The van der Waals surface area contributed by atoms with Crippen LogP contribution in [-0.2, 0) is 9.59 Å². The first kappa shape index (κ1) is 14.9. The van der Waals surface area contributed by atoms with Crippen LogP contribution < -0.4 is 0 Å². The second kappa shape index (κ2) is 4.18. The van der Waals surface area contributed by atoms with Crippen LogP contribution in [0, 0.1) is 10.8 Å². The number of allylic oxidation sites excluding steroid dienone is 4. The van der Waals surface area contributed by atoms with Crippen LogP contribution in [0.2, 0.25) is 0 Å². The minimum Gasteiger partial charge on any atom is -0.289 e. The summed E-state index contributed by atoms with van der Waals surface area (Å²) < 4.78 is 0. The highest BCUT2D eigenvalue weighted by atomic mass is 16.1. The molecule has 2 heteroatoms. The summed E-state index contributed by atoms with van der Waals surface area (Å²) in [5.41, 5.74) is 1.94. The molecule has 0 amide bonds. The Hall–Kier alpha value is -1.18. The van der Waals surface area contributed by atoms with E-state index in [0.717, 1.165) is 0 Å². The van der Waals surface area contributed by atoms with Crippen molar-refractivity contribution in [2.75, 3.05) is 0 Å². The van der Waals surface area contributed by atoms with Gasteiger partial charge in [0, 0.05) is 22.3 Å². The molecule has 0 aromatic rings. The van der Waals surface area contributed by atoms with Crippen molar-refractivity contribution >= 4 is 11.6 Å². The molecular formula is C16H24O2. The van der Waals surface area contributed by atoms with Crippen LogP contribution in [0.1, 0.15) is 55.4 Å². The molecule has 1 aliphatic carbocycles. The minimum absolute atomic E-state index is 0.0320. The standard InChI is InChI=1S/C16H24O2/c1-9-10(2)14(18)12(16(6,7)8)11(13(9)17)15(3,4)5/h1-8H3. The fourth-order valence-corrected chi connectivity index (χ4v) is 2.37. The first-order valence-corrected chi connectivity index (χ1v) is 6.41. The zero-order valence-corrected chi connectivity index (χ0v) is 12.8. The topological polar surface area (TPSA) is 34.1 Å². The van der Waals surface area contributed by atoms with Crippen molar-refractivity contribution < 1.29 is 9.59 Å². The normalized spacial score (nSPS) is 18.9. The van der Waals surface area contributed by atoms with Gasteiger partial charge < -0.3 is 0 Å². The Morgan fingerprint density at radius 3 is 1.00 bits per heavy atom. The van der Waals surface area contributed by atoms with Crippen LogP contribution in [0.25, 0.3) is 0 Å². The Bertz CT molecular complexity index is 430. The summed E-state index contributed by atoms with van der Waals surface area (Å²) in [5.74, 6) is 0.0639. The Labute approximate surface area is 110 Å². The van der Waals surface area contributed by atoms with E-state index in [1.54, 1.807) is 13.8 Å². The number of hydrogen-bond donors (Lipinski definition) is 0. The molecule has 0 aromatic heterocycles. The highest BCUT2D eigenvalue weighted by Gasteiger charge is 2.40. The van der Waals surface area contributed by atoms with Crippen LogP contribution in [0.5, 0.6) is 0 Å². The maximum absolute atomic E-state index is 12.5. The number of Topliss-reactive ketones (excluding diaryl/α,β-unsaturated/α-hetero) is 2. The van der Waals surface area contributed by atoms with Gasteiger partial charge in [-0.25, -0.2) is 0 Å². The van der Waals surface area contributed by atoms with Gasteiger partial charge in [-0.05, 0) is 24.7 Å². The molecule has 2 nitrogen and oxygen atoms in total. The van der Waals surface area contributed by atoms with Gasteiger partial charge >= 0.3 is 0 Å². The molecule has 1 rings (SSSR count). The lowest BCUT2D eigenvalue weighted by Gasteiger charge is -2.35. The quantitative estimate of drug-likeness (QED) is 0.610. The monoisotopic (exact) mass is 248 g/mol. The largest absolute Gasteiger partial charge is 0.289 e.